The molecule has 0 radical (unpaired) electrons. The maximum Gasteiger partial charge on any atom is 0.304 e. The van der Waals surface area contributed by atoms with Crippen LogP contribution >= 0.6 is 7.52 Å². The molecule has 0 aromatic carbocycles. The van der Waals surface area contributed by atoms with Gasteiger partial charge < -0.3 is 15.1 Å². The van der Waals surface area contributed by atoms with E-state index in [2.05, 4.69) is 10.1 Å². The molecule has 4 N–H and O–H groups in total. The van der Waals surface area contributed by atoms with Crippen molar-refractivity contribution in [1.29, 1.82) is 0 Å². The Hall–Kier alpha value is -1.76. The van der Waals surface area contributed by atoms with Crippen molar-refractivity contribution in [2.24, 2.45) is 0 Å². The molecule has 0 bridgehead atoms. The van der Waals surface area contributed by atoms with Crippen LogP contribution in [-0.2, 0) is 14.2 Å². The fourth-order valence-corrected chi connectivity index (χ4v) is 3.27. The lowest BCUT2D eigenvalue weighted by Gasteiger charge is -2.24. The molecule has 116 valence electrons. The molecular weight excluding hydrogens is 299 g/mol. The molecular formula is C12H17N2O6P. The third-order valence-corrected chi connectivity index (χ3v) is 4.98. The molecule has 2 unspecified atom stereocenters. The van der Waals surface area contributed by atoms with Crippen LogP contribution in [0, 0.1) is 0 Å². The molecule has 1 rings (SSSR count). The zero-order chi connectivity index (χ0) is 16.0. The van der Waals surface area contributed by atoms with Crippen LogP contribution in [-0.4, -0.2) is 38.1 Å². The summed E-state index contributed by atoms with van der Waals surface area (Å²) in [5.41, 5.74) is -0.337. The number of pyridine rings is 1. The van der Waals surface area contributed by atoms with Crippen molar-refractivity contribution in [3.8, 4) is 0 Å². The predicted molar refractivity (Wildman–Crippen MR) is 73.9 cm³/mol. The van der Waals surface area contributed by atoms with E-state index in [-0.39, 0.29) is 0 Å². The number of nitrogens with zero attached hydrogens (tertiary/aromatic N) is 1. The van der Waals surface area contributed by atoms with Crippen molar-refractivity contribution < 1.29 is 29.3 Å². The Morgan fingerprint density at radius 1 is 1.33 bits per heavy atom. The molecule has 0 spiro atoms. The van der Waals surface area contributed by atoms with E-state index in [9.17, 15) is 19.0 Å². The van der Waals surface area contributed by atoms with Crippen LogP contribution < -0.4 is 5.09 Å². The number of aromatic nitrogens is 1. The molecule has 0 aliphatic rings. The van der Waals surface area contributed by atoms with Gasteiger partial charge in [0.2, 0.25) is 0 Å². The fourth-order valence-electron chi connectivity index (χ4n) is 1.78. The zero-order valence-corrected chi connectivity index (χ0v) is 12.2. The number of nitrogens with one attached hydrogen (secondary N) is 1. The molecule has 0 saturated carbocycles. The summed E-state index contributed by atoms with van der Waals surface area (Å²) < 4.78 is 12.3. The number of carboxylic acids is 2. The summed E-state index contributed by atoms with van der Waals surface area (Å²) in [7, 11) is -3.99. The second-order valence-electron chi connectivity index (χ2n) is 4.61. The van der Waals surface area contributed by atoms with E-state index in [0.717, 1.165) is 0 Å². The third-order valence-electron chi connectivity index (χ3n) is 2.90. The van der Waals surface area contributed by atoms with Gasteiger partial charge in [0.05, 0.1) is 18.5 Å². The van der Waals surface area contributed by atoms with Crippen molar-refractivity contribution in [2.45, 2.75) is 31.5 Å². The van der Waals surface area contributed by atoms with Gasteiger partial charge in [0.15, 0.2) is 0 Å². The lowest BCUT2D eigenvalue weighted by Crippen LogP contribution is -2.32. The van der Waals surface area contributed by atoms with Gasteiger partial charge >= 0.3 is 11.9 Å². The first kappa shape index (κ1) is 17.3. The second kappa shape index (κ2) is 7.31. The molecule has 0 saturated heterocycles. The first-order valence-corrected chi connectivity index (χ1v) is 7.89. The summed E-state index contributed by atoms with van der Waals surface area (Å²) in [6.07, 6.45) is 1.83. The highest BCUT2D eigenvalue weighted by Gasteiger charge is 2.32. The minimum Gasteiger partial charge on any atom is -0.481 e. The zero-order valence-electron chi connectivity index (χ0n) is 11.3. The Balaban J connectivity index is 2.86. The summed E-state index contributed by atoms with van der Waals surface area (Å²) >= 11 is 0. The van der Waals surface area contributed by atoms with Crippen molar-refractivity contribution in [3.63, 3.8) is 0 Å². The maximum atomic E-state index is 12.3. The normalized spacial score (nSPS) is 15.4. The van der Waals surface area contributed by atoms with E-state index < -0.39 is 44.0 Å². The first-order valence-electron chi connectivity index (χ1n) is 6.16. The van der Waals surface area contributed by atoms with Gasteiger partial charge in [-0.15, -0.1) is 0 Å². The number of hydrogen-bond acceptors (Lipinski definition) is 4. The highest BCUT2D eigenvalue weighted by molar-refractivity contribution is 7.56. The van der Waals surface area contributed by atoms with Crippen LogP contribution in [0.25, 0.3) is 0 Å². The van der Waals surface area contributed by atoms with E-state index in [0.29, 0.717) is 5.56 Å². The molecule has 0 aliphatic carbocycles. The summed E-state index contributed by atoms with van der Waals surface area (Å²) in [6, 6.07) is 2.10. The van der Waals surface area contributed by atoms with Crippen LogP contribution in [0.4, 0.5) is 0 Å². The van der Waals surface area contributed by atoms with Crippen LogP contribution in [0.15, 0.2) is 24.5 Å². The molecule has 9 heteroatoms. The standard InChI is InChI=1S/C12H17N2O6P/c1-8(9-3-2-4-13-7-9)21(19,20)14-10(5-11(15)16)6-12(17)18/h2-4,7-8,10H,5-6H2,1H3,(H,15,16)(H,17,18)(H2,14,19,20). The molecule has 21 heavy (non-hydrogen) atoms. The quantitative estimate of drug-likeness (QED) is 0.526. The van der Waals surface area contributed by atoms with Crippen molar-refractivity contribution >= 4 is 19.5 Å². The van der Waals surface area contributed by atoms with Gasteiger partial charge in [0.1, 0.15) is 0 Å². The van der Waals surface area contributed by atoms with E-state index in [1.807, 2.05) is 0 Å². The highest BCUT2D eigenvalue weighted by atomic mass is 31.2. The Morgan fingerprint density at radius 3 is 2.33 bits per heavy atom. The average molecular weight is 316 g/mol. The summed E-state index contributed by atoms with van der Waals surface area (Å²) in [5.74, 6) is -2.49. The Morgan fingerprint density at radius 2 is 1.90 bits per heavy atom. The van der Waals surface area contributed by atoms with E-state index in [1.165, 1.54) is 19.3 Å². The Bertz CT molecular complexity index is 534. The molecule has 2 atom stereocenters. The minimum absolute atomic E-state index is 0.500. The number of hydrogen-bond donors (Lipinski definition) is 4. The van der Waals surface area contributed by atoms with Gasteiger partial charge in [-0.05, 0) is 18.6 Å². The summed E-state index contributed by atoms with van der Waals surface area (Å²) in [4.78, 5) is 35.3. The van der Waals surface area contributed by atoms with Crippen LogP contribution in [0.2, 0.25) is 0 Å². The molecule has 0 amide bonds. The molecule has 0 aliphatic heterocycles. The monoisotopic (exact) mass is 316 g/mol. The lowest BCUT2D eigenvalue weighted by molar-refractivity contribution is -0.139. The smallest absolute Gasteiger partial charge is 0.304 e. The molecule has 1 aromatic rings. The summed E-state index contributed by atoms with van der Waals surface area (Å²) in [6.45, 7) is 1.49. The Kier molecular flexibility index (Phi) is 6.02. The van der Waals surface area contributed by atoms with E-state index in [1.54, 1.807) is 12.1 Å². The topological polar surface area (TPSA) is 137 Å². The average Bonchev–Trinajstić information content (AvgIpc) is 2.36. The van der Waals surface area contributed by atoms with Gasteiger partial charge in [-0.2, -0.15) is 0 Å². The third kappa shape index (κ3) is 5.63. The lowest BCUT2D eigenvalue weighted by atomic mass is 10.1. The van der Waals surface area contributed by atoms with Gasteiger partial charge in [-0.3, -0.25) is 19.1 Å². The van der Waals surface area contributed by atoms with Crippen molar-refractivity contribution in [2.75, 3.05) is 0 Å². The molecule has 0 fully saturated rings. The summed E-state index contributed by atoms with van der Waals surface area (Å²) in [5, 5.41) is 19.7. The molecule has 8 nitrogen and oxygen atoms in total. The van der Waals surface area contributed by atoms with Gasteiger partial charge in [0.25, 0.3) is 7.52 Å². The minimum atomic E-state index is -3.99. The van der Waals surface area contributed by atoms with Crippen molar-refractivity contribution in [3.05, 3.63) is 30.1 Å². The first-order chi connectivity index (χ1) is 9.72. The van der Waals surface area contributed by atoms with Crippen LogP contribution in [0.5, 0.6) is 0 Å². The second-order valence-corrected chi connectivity index (χ2v) is 6.89. The van der Waals surface area contributed by atoms with Crippen LogP contribution in [0.3, 0.4) is 0 Å². The largest absolute Gasteiger partial charge is 0.481 e. The molecule has 1 aromatic heterocycles. The SMILES string of the molecule is CC(c1cccnc1)P(=O)(O)NC(CC(=O)O)CC(=O)O. The van der Waals surface area contributed by atoms with E-state index in [4.69, 9.17) is 10.2 Å². The highest BCUT2D eigenvalue weighted by Crippen LogP contribution is 2.52. The maximum absolute atomic E-state index is 12.3. The fraction of sp³-hybridized carbons (Fsp3) is 0.417. The van der Waals surface area contributed by atoms with Gasteiger partial charge in [-0.25, -0.2) is 5.09 Å². The van der Waals surface area contributed by atoms with E-state index >= 15 is 0 Å². The van der Waals surface area contributed by atoms with Gasteiger partial charge in [-0.1, -0.05) is 6.07 Å². The molecule has 1 heterocycles. The van der Waals surface area contributed by atoms with Gasteiger partial charge in [0, 0.05) is 18.4 Å². The van der Waals surface area contributed by atoms with Crippen LogP contribution in [0.1, 0.15) is 31.0 Å². The Labute approximate surface area is 121 Å². The van der Waals surface area contributed by atoms with Crippen molar-refractivity contribution in [1.82, 2.24) is 10.1 Å². The number of carbonyl (C=O) groups is 2. The number of rotatable bonds is 8. The number of carboxylic acid groups (broad SMARTS) is 2. The predicted octanol–water partition coefficient (Wildman–Crippen LogP) is 1.24. The number of aliphatic carboxylic acids is 2.